The molecule has 1 unspecified atom stereocenters. The van der Waals surface area contributed by atoms with Gasteiger partial charge in [-0.25, -0.2) is 4.79 Å². The lowest BCUT2D eigenvalue weighted by atomic mass is 9.98. The van der Waals surface area contributed by atoms with E-state index >= 15 is 0 Å². The van der Waals surface area contributed by atoms with Crippen molar-refractivity contribution in [3.05, 3.63) is 0 Å². The van der Waals surface area contributed by atoms with Crippen LogP contribution in [0.5, 0.6) is 0 Å². The molecule has 0 saturated carbocycles. The largest absolute Gasteiger partial charge is 0.480 e. The first-order chi connectivity index (χ1) is 9.26. The fraction of sp³-hybridized carbons (Fsp3) is 0.867. The van der Waals surface area contributed by atoms with E-state index in [2.05, 4.69) is 10.2 Å². The molecule has 5 heteroatoms. The minimum Gasteiger partial charge on any atom is -0.480 e. The van der Waals surface area contributed by atoms with E-state index in [0.717, 1.165) is 25.9 Å². The van der Waals surface area contributed by atoms with Crippen molar-refractivity contribution in [2.45, 2.75) is 65.0 Å². The van der Waals surface area contributed by atoms with Crippen LogP contribution in [0.2, 0.25) is 0 Å². The minimum atomic E-state index is -0.972. The summed E-state index contributed by atoms with van der Waals surface area (Å²) in [5.74, 6) is -1.29. The zero-order valence-electron chi connectivity index (χ0n) is 13.1. The Hall–Kier alpha value is -1.10. The van der Waals surface area contributed by atoms with Gasteiger partial charge in [0.2, 0.25) is 5.91 Å². The molecule has 1 fully saturated rings. The van der Waals surface area contributed by atoms with Gasteiger partial charge in [0.25, 0.3) is 0 Å². The summed E-state index contributed by atoms with van der Waals surface area (Å²) in [6.07, 6.45) is 4.61. The number of amides is 1. The van der Waals surface area contributed by atoms with E-state index in [1.54, 1.807) is 13.8 Å². The lowest BCUT2D eigenvalue weighted by molar-refractivity contribution is -0.145. The fourth-order valence-corrected chi connectivity index (χ4v) is 2.60. The van der Waals surface area contributed by atoms with Gasteiger partial charge < -0.3 is 10.4 Å². The summed E-state index contributed by atoms with van der Waals surface area (Å²) >= 11 is 0. The first-order valence-corrected chi connectivity index (χ1v) is 7.55. The SMILES string of the molecule is CC(C)C(NC(=O)C(C)(C)N1CCCCCC1)C(=O)O. The van der Waals surface area contributed by atoms with Gasteiger partial charge in [-0.3, -0.25) is 9.69 Å². The van der Waals surface area contributed by atoms with Crippen LogP contribution in [0.4, 0.5) is 0 Å². The molecule has 0 aromatic rings. The van der Waals surface area contributed by atoms with Crippen LogP contribution in [-0.4, -0.2) is 46.6 Å². The molecule has 116 valence electrons. The smallest absolute Gasteiger partial charge is 0.326 e. The molecule has 0 aromatic heterocycles. The van der Waals surface area contributed by atoms with Crippen molar-refractivity contribution in [1.29, 1.82) is 0 Å². The number of hydrogen-bond acceptors (Lipinski definition) is 3. The third-order valence-electron chi connectivity index (χ3n) is 4.17. The topological polar surface area (TPSA) is 69.6 Å². The van der Waals surface area contributed by atoms with Gasteiger partial charge in [0.1, 0.15) is 6.04 Å². The Labute approximate surface area is 121 Å². The summed E-state index contributed by atoms with van der Waals surface area (Å²) in [7, 11) is 0. The normalized spacial score (nSPS) is 19.4. The van der Waals surface area contributed by atoms with Gasteiger partial charge in [0.05, 0.1) is 5.54 Å². The summed E-state index contributed by atoms with van der Waals surface area (Å²) in [4.78, 5) is 25.9. The summed E-state index contributed by atoms with van der Waals surface area (Å²) in [5, 5.41) is 11.9. The number of nitrogens with one attached hydrogen (secondary N) is 1. The lowest BCUT2D eigenvalue weighted by Gasteiger charge is -2.37. The maximum atomic E-state index is 12.5. The second-order valence-corrected chi connectivity index (χ2v) is 6.49. The van der Waals surface area contributed by atoms with E-state index in [-0.39, 0.29) is 11.8 Å². The van der Waals surface area contributed by atoms with Gasteiger partial charge >= 0.3 is 5.97 Å². The van der Waals surface area contributed by atoms with Crippen molar-refractivity contribution in [3.63, 3.8) is 0 Å². The highest BCUT2D eigenvalue weighted by molar-refractivity contribution is 5.89. The number of carbonyl (C=O) groups is 2. The molecule has 1 heterocycles. The van der Waals surface area contributed by atoms with Crippen LogP contribution < -0.4 is 5.32 Å². The average molecular weight is 284 g/mol. The zero-order chi connectivity index (χ0) is 15.3. The van der Waals surface area contributed by atoms with Crippen LogP contribution in [0, 0.1) is 5.92 Å². The van der Waals surface area contributed by atoms with Crippen molar-refractivity contribution in [1.82, 2.24) is 10.2 Å². The molecular formula is C15H28N2O3. The van der Waals surface area contributed by atoms with E-state index in [1.807, 2.05) is 13.8 Å². The summed E-state index contributed by atoms with van der Waals surface area (Å²) in [5.41, 5.74) is -0.660. The Morgan fingerprint density at radius 2 is 1.60 bits per heavy atom. The van der Waals surface area contributed by atoms with Crippen molar-refractivity contribution in [2.24, 2.45) is 5.92 Å². The Morgan fingerprint density at radius 3 is 2.00 bits per heavy atom. The Balaban J connectivity index is 2.74. The molecule has 1 aliphatic rings. The van der Waals surface area contributed by atoms with E-state index in [0.29, 0.717) is 0 Å². The van der Waals surface area contributed by atoms with Gasteiger partial charge in [-0.1, -0.05) is 26.7 Å². The highest BCUT2D eigenvalue weighted by atomic mass is 16.4. The van der Waals surface area contributed by atoms with E-state index in [4.69, 9.17) is 0 Å². The lowest BCUT2D eigenvalue weighted by Crippen LogP contribution is -2.59. The second kappa shape index (κ2) is 7.07. The molecule has 20 heavy (non-hydrogen) atoms. The molecule has 1 atom stereocenters. The molecule has 0 radical (unpaired) electrons. The molecule has 0 aliphatic carbocycles. The number of likely N-dealkylation sites (tertiary alicyclic amines) is 1. The van der Waals surface area contributed by atoms with E-state index in [9.17, 15) is 14.7 Å². The number of nitrogens with zero attached hydrogens (tertiary/aromatic N) is 1. The van der Waals surface area contributed by atoms with Gasteiger partial charge in [-0.05, 0) is 45.7 Å². The predicted octanol–water partition coefficient (Wildman–Crippen LogP) is 1.87. The number of rotatable bonds is 5. The monoisotopic (exact) mass is 284 g/mol. The number of carbonyl (C=O) groups excluding carboxylic acids is 1. The van der Waals surface area contributed by atoms with Gasteiger partial charge in [-0.15, -0.1) is 0 Å². The van der Waals surface area contributed by atoms with Crippen molar-refractivity contribution in [3.8, 4) is 0 Å². The van der Waals surface area contributed by atoms with Crippen molar-refractivity contribution in [2.75, 3.05) is 13.1 Å². The zero-order valence-corrected chi connectivity index (χ0v) is 13.1. The fourth-order valence-electron chi connectivity index (χ4n) is 2.60. The maximum absolute atomic E-state index is 12.5. The highest BCUT2D eigenvalue weighted by Gasteiger charge is 2.37. The third-order valence-corrected chi connectivity index (χ3v) is 4.17. The number of hydrogen-bond donors (Lipinski definition) is 2. The first kappa shape index (κ1) is 17.0. The molecule has 0 aromatic carbocycles. The average Bonchev–Trinajstić information content (AvgIpc) is 2.63. The standard InChI is InChI=1S/C15H28N2O3/c1-11(2)12(13(18)19)16-14(20)15(3,4)17-9-7-5-6-8-10-17/h11-12H,5-10H2,1-4H3,(H,16,20)(H,18,19). The molecule has 1 saturated heterocycles. The summed E-state index contributed by atoms with van der Waals surface area (Å²) in [6, 6.07) is -0.825. The molecule has 1 aliphatic heterocycles. The molecule has 2 N–H and O–H groups in total. The van der Waals surface area contributed by atoms with Crippen LogP contribution in [0.3, 0.4) is 0 Å². The van der Waals surface area contributed by atoms with Crippen molar-refractivity contribution >= 4 is 11.9 Å². The van der Waals surface area contributed by atoms with Gasteiger partial charge in [0.15, 0.2) is 0 Å². The summed E-state index contributed by atoms with van der Waals surface area (Å²) < 4.78 is 0. The summed E-state index contributed by atoms with van der Waals surface area (Å²) in [6.45, 7) is 9.18. The maximum Gasteiger partial charge on any atom is 0.326 e. The highest BCUT2D eigenvalue weighted by Crippen LogP contribution is 2.21. The van der Waals surface area contributed by atoms with Crippen molar-refractivity contribution < 1.29 is 14.7 Å². The molecular weight excluding hydrogens is 256 g/mol. The molecule has 0 spiro atoms. The third kappa shape index (κ3) is 4.20. The number of carboxylic acids is 1. The second-order valence-electron chi connectivity index (χ2n) is 6.49. The van der Waals surface area contributed by atoms with Gasteiger partial charge in [-0.2, -0.15) is 0 Å². The first-order valence-electron chi connectivity index (χ1n) is 7.55. The Morgan fingerprint density at radius 1 is 1.10 bits per heavy atom. The predicted molar refractivity (Wildman–Crippen MR) is 78.5 cm³/mol. The molecule has 5 nitrogen and oxygen atoms in total. The molecule has 1 amide bonds. The van der Waals surface area contributed by atoms with Crippen LogP contribution >= 0.6 is 0 Å². The van der Waals surface area contributed by atoms with E-state index in [1.165, 1.54) is 12.8 Å². The quantitative estimate of drug-likeness (QED) is 0.808. The Bertz CT molecular complexity index is 345. The van der Waals surface area contributed by atoms with Crippen LogP contribution in [0.15, 0.2) is 0 Å². The Kier molecular flexibility index (Phi) is 5.99. The van der Waals surface area contributed by atoms with Gasteiger partial charge in [0, 0.05) is 0 Å². The molecule has 1 rings (SSSR count). The number of aliphatic carboxylic acids is 1. The van der Waals surface area contributed by atoms with Crippen LogP contribution in [0.25, 0.3) is 0 Å². The van der Waals surface area contributed by atoms with Crippen LogP contribution in [-0.2, 0) is 9.59 Å². The van der Waals surface area contributed by atoms with E-state index < -0.39 is 17.6 Å². The molecule has 0 bridgehead atoms. The minimum absolute atomic E-state index is 0.128. The number of carboxylic acid groups (broad SMARTS) is 1. The van der Waals surface area contributed by atoms with Crippen LogP contribution in [0.1, 0.15) is 53.4 Å².